The Labute approximate surface area is 195 Å². The number of carbonyl (C=O) groups excluding carboxylic acids is 1. The van der Waals surface area contributed by atoms with Gasteiger partial charge < -0.3 is 20.1 Å². The average Bonchev–Trinajstić information content (AvgIpc) is 3.30. The number of benzene rings is 1. The van der Waals surface area contributed by atoms with Gasteiger partial charge >= 0.3 is 6.03 Å². The summed E-state index contributed by atoms with van der Waals surface area (Å²) in [5, 5.41) is 0. The third kappa shape index (κ3) is 4.43. The van der Waals surface area contributed by atoms with Crippen molar-refractivity contribution in [2.24, 2.45) is 17.1 Å². The third-order valence-electron chi connectivity index (χ3n) is 8.28. The molecule has 7 heteroatoms. The van der Waals surface area contributed by atoms with Crippen molar-refractivity contribution in [3.63, 3.8) is 0 Å². The number of rotatable bonds is 3. The fourth-order valence-electron chi connectivity index (χ4n) is 6.46. The maximum Gasteiger partial charge on any atom is 0.320 e. The van der Waals surface area contributed by atoms with E-state index in [1.165, 1.54) is 24.6 Å². The molecule has 1 spiro atoms. The van der Waals surface area contributed by atoms with Crippen LogP contribution in [-0.4, -0.2) is 51.1 Å². The van der Waals surface area contributed by atoms with Crippen LogP contribution in [0.1, 0.15) is 56.6 Å². The van der Waals surface area contributed by atoms with Crippen LogP contribution in [-0.2, 0) is 6.54 Å². The Kier molecular flexibility index (Phi) is 6.23. The molecule has 1 saturated carbocycles. The molecule has 2 aromatic rings. The second-order valence-corrected chi connectivity index (χ2v) is 10.2. The largest absolute Gasteiger partial charge is 0.328 e. The normalized spacial score (nSPS) is 27.1. The molecule has 3 fully saturated rings. The Morgan fingerprint density at radius 1 is 1.12 bits per heavy atom. The van der Waals surface area contributed by atoms with E-state index in [0.717, 1.165) is 45.2 Å². The first-order valence-corrected chi connectivity index (χ1v) is 12.4. The maximum atomic E-state index is 13.9. The highest BCUT2D eigenvalue weighted by Gasteiger charge is 2.47. The van der Waals surface area contributed by atoms with Crippen LogP contribution < -0.4 is 11.3 Å². The second-order valence-electron chi connectivity index (χ2n) is 10.2. The van der Waals surface area contributed by atoms with Gasteiger partial charge in [0.2, 0.25) is 0 Å². The van der Waals surface area contributed by atoms with Crippen LogP contribution in [0.5, 0.6) is 0 Å². The summed E-state index contributed by atoms with van der Waals surface area (Å²) in [6, 6.07) is 10.6. The van der Waals surface area contributed by atoms with Gasteiger partial charge in [0.15, 0.2) is 0 Å². The Balaban J connectivity index is 1.35. The molecule has 3 aliphatic rings. The number of amides is 2. The minimum atomic E-state index is -0.0421. The summed E-state index contributed by atoms with van der Waals surface area (Å²) >= 11 is 0. The van der Waals surface area contributed by atoms with E-state index >= 15 is 0 Å². The number of likely N-dealkylation sites (tertiary alicyclic amines) is 2. The first kappa shape index (κ1) is 22.1. The summed E-state index contributed by atoms with van der Waals surface area (Å²) in [7, 11) is 0. The van der Waals surface area contributed by atoms with Crippen molar-refractivity contribution in [1.82, 2.24) is 19.4 Å². The van der Waals surface area contributed by atoms with Crippen LogP contribution in [0.15, 0.2) is 53.7 Å². The molecule has 2 N–H and O–H groups in total. The van der Waals surface area contributed by atoms with Crippen molar-refractivity contribution in [3.05, 3.63) is 64.8 Å². The van der Waals surface area contributed by atoms with Crippen LogP contribution in [0.3, 0.4) is 0 Å². The lowest BCUT2D eigenvalue weighted by molar-refractivity contribution is 0.0215. The predicted molar refractivity (Wildman–Crippen MR) is 128 cm³/mol. The molecule has 1 unspecified atom stereocenters. The van der Waals surface area contributed by atoms with Crippen molar-refractivity contribution < 1.29 is 4.79 Å². The van der Waals surface area contributed by atoms with Gasteiger partial charge in [0.25, 0.3) is 5.56 Å². The van der Waals surface area contributed by atoms with E-state index in [0.29, 0.717) is 19.0 Å². The highest BCUT2D eigenvalue weighted by atomic mass is 16.2. The lowest BCUT2D eigenvalue weighted by atomic mass is 9.69. The zero-order valence-corrected chi connectivity index (χ0v) is 19.3. The van der Waals surface area contributed by atoms with Gasteiger partial charge in [-0.3, -0.25) is 9.78 Å². The van der Waals surface area contributed by atoms with Crippen LogP contribution in [0.4, 0.5) is 4.79 Å². The third-order valence-corrected chi connectivity index (χ3v) is 8.28. The molecule has 2 saturated heterocycles. The quantitative estimate of drug-likeness (QED) is 0.778. The zero-order chi connectivity index (χ0) is 22.8. The Hall–Kier alpha value is -2.67. The fraction of sp³-hybridized carbons (Fsp3) is 0.577. The van der Waals surface area contributed by atoms with E-state index in [-0.39, 0.29) is 29.1 Å². The van der Waals surface area contributed by atoms with E-state index in [1.54, 1.807) is 17.0 Å². The molecular formula is C26H35N5O2. The van der Waals surface area contributed by atoms with Gasteiger partial charge in [0.05, 0.1) is 12.2 Å². The summed E-state index contributed by atoms with van der Waals surface area (Å²) < 4.78 is 1.80. The molecule has 1 aromatic heterocycles. The Morgan fingerprint density at radius 3 is 2.67 bits per heavy atom. The molecule has 2 amide bonds. The van der Waals surface area contributed by atoms with Gasteiger partial charge in [-0.2, -0.15) is 0 Å². The first-order chi connectivity index (χ1) is 16.1. The molecule has 0 bridgehead atoms. The average molecular weight is 450 g/mol. The van der Waals surface area contributed by atoms with E-state index in [4.69, 9.17) is 5.73 Å². The number of nitrogens with two attached hydrogens (primary N) is 1. The monoisotopic (exact) mass is 449 g/mol. The molecular weight excluding hydrogens is 414 g/mol. The van der Waals surface area contributed by atoms with Crippen molar-refractivity contribution in [2.75, 3.05) is 19.6 Å². The number of nitrogens with zero attached hydrogens (tertiary/aromatic N) is 4. The topological polar surface area (TPSA) is 84.5 Å². The highest BCUT2D eigenvalue weighted by Crippen LogP contribution is 2.49. The van der Waals surface area contributed by atoms with Crippen molar-refractivity contribution in [2.45, 2.75) is 63.6 Å². The van der Waals surface area contributed by atoms with Crippen LogP contribution in [0, 0.1) is 11.3 Å². The SMILES string of the molecule is N[C@@H]1CCN(C(=O)N2CCC(Cn3ccncc3=O)C3(CCCC3)C2)[C@H](c2ccccc2)C1. The molecule has 1 aliphatic carbocycles. The van der Waals surface area contributed by atoms with Gasteiger partial charge in [-0.1, -0.05) is 43.2 Å². The second kappa shape index (κ2) is 9.29. The Bertz CT molecular complexity index is 1020. The number of hydrogen-bond donors (Lipinski definition) is 1. The van der Waals surface area contributed by atoms with Crippen molar-refractivity contribution in [3.8, 4) is 0 Å². The molecule has 2 aliphatic heterocycles. The highest BCUT2D eigenvalue weighted by molar-refractivity contribution is 5.75. The van der Waals surface area contributed by atoms with Gasteiger partial charge in [-0.15, -0.1) is 0 Å². The Morgan fingerprint density at radius 2 is 1.91 bits per heavy atom. The molecule has 0 radical (unpaired) electrons. The number of urea groups is 1. The van der Waals surface area contributed by atoms with Crippen LogP contribution in [0.2, 0.25) is 0 Å². The van der Waals surface area contributed by atoms with E-state index in [2.05, 4.69) is 26.9 Å². The van der Waals surface area contributed by atoms with Gasteiger partial charge in [0, 0.05) is 44.6 Å². The smallest absolute Gasteiger partial charge is 0.320 e. The zero-order valence-electron chi connectivity index (χ0n) is 19.3. The lowest BCUT2D eigenvalue weighted by Gasteiger charge is -2.49. The molecule has 5 rings (SSSR count). The first-order valence-electron chi connectivity index (χ1n) is 12.4. The minimum absolute atomic E-state index is 0.0371. The summed E-state index contributed by atoms with van der Waals surface area (Å²) in [5.41, 5.74) is 7.55. The van der Waals surface area contributed by atoms with Crippen LogP contribution >= 0.6 is 0 Å². The lowest BCUT2D eigenvalue weighted by Crippen LogP contribution is -2.56. The molecule has 3 heterocycles. The van der Waals surface area contributed by atoms with Gasteiger partial charge in [0.1, 0.15) is 0 Å². The predicted octanol–water partition coefficient (Wildman–Crippen LogP) is 3.41. The molecule has 7 nitrogen and oxygen atoms in total. The maximum absolute atomic E-state index is 13.9. The number of hydrogen-bond acceptors (Lipinski definition) is 4. The van der Waals surface area contributed by atoms with E-state index < -0.39 is 0 Å². The number of carbonyl (C=O) groups is 1. The van der Waals surface area contributed by atoms with E-state index in [1.807, 2.05) is 18.2 Å². The molecule has 3 atom stereocenters. The minimum Gasteiger partial charge on any atom is -0.328 e. The fourth-order valence-corrected chi connectivity index (χ4v) is 6.46. The van der Waals surface area contributed by atoms with Gasteiger partial charge in [-0.05, 0) is 49.0 Å². The standard InChI is InChI=1S/C26H35N5O2/c27-22-9-14-31(23(16-22)20-6-2-1-3-7-20)25(33)30-13-8-21(26(19-30)10-4-5-11-26)18-29-15-12-28-17-24(29)32/h1-3,6-7,12,15,17,21-23H,4-5,8-11,13-14,16,18-19,27H2/t21?,22-,23+/m1/s1. The van der Waals surface area contributed by atoms with E-state index in [9.17, 15) is 9.59 Å². The molecule has 1 aromatic carbocycles. The van der Waals surface area contributed by atoms with Crippen molar-refractivity contribution in [1.29, 1.82) is 0 Å². The summed E-state index contributed by atoms with van der Waals surface area (Å²) in [4.78, 5) is 34.3. The van der Waals surface area contributed by atoms with Crippen molar-refractivity contribution >= 4 is 6.03 Å². The molecule has 33 heavy (non-hydrogen) atoms. The van der Waals surface area contributed by atoms with Crippen LogP contribution in [0.25, 0.3) is 0 Å². The van der Waals surface area contributed by atoms with Gasteiger partial charge in [-0.25, -0.2) is 4.79 Å². The summed E-state index contributed by atoms with van der Waals surface area (Å²) in [6.45, 7) is 2.96. The number of piperidine rings is 2. The summed E-state index contributed by atoms with van der Waals surface area (Å²) in [5.74, 6) is 0.406. The molecule has 176 valence electrons. The number of aromatic nitrogens is 2. The summed E-state index contributed by atoms with van der Waals surface area (Å²) in [6.07, 6.45) is 12.1.